The molecule has 1 atom stereocenters. The number of ether oxygens (including phenoxy) is 2. The Bertz CT molecular complexity index is 538. The van der Waals surface area contributed by atoms with E-state index in [-0.39, 0.29) is 0 Å². The van der Waals surface area contributed by atoms with Gasteiger partial charge in [0.15, 0.2) is 11.5 Å². The molecule has 0 heterocycles. The minimum atomic E-state index is -0.702. The van der Waals surface area contributed by atoms with Gasteiger partial charge in [-0.25, -0.2) is 0 Å². The third kappa shape index (κ3) is 9.21. The van der Waals surface area contributed by atoms with E-state index in [0.29, 0.717) is 0 Å². The fourth-order valence-electron chi connectivity index (χ4n) is 1.93. The van der Waals surface area contributed by atoms with Crippen LogP contribution in [-0.2, 0) is 6.42 Å². The Morgan fingerprint density at radius 2 is 1.79 bits per heavy atom. The van der Waals surface area contributed by atoms with Crippen molar-refractivity contribution in [2.45, 2.75) is 45.6 Å². The van der Waals surface area contributed by atoms with Crippen LogP contribution in [0.1, 0.15) is 39.2 Å². The second-order valence-corrected chi connectivity index (χ2v) is 6.06. The number of hydrogen-bond acceptors (Lipinski definition) is 3. The predicted molar refractivity (Wildman–Crippen MR) is 103 cm³/mol. The summed E-state index contributed by atoms with van der Waals surface area (Å²) in [5.41, 5.74) is 1.77. The van der Waals surface area contributed by atoms with Gasteiger partial charge in [-0.1, -0.05) is 29.9 Å². The van der Waals surface area contributed by atoms with Gasteiger partial charge < -0.3 is 14.6 Å². The highest BCUT2D eigenvalue weighted by Crippen LogP contribution is 2.27. The van der Waals surface area contributed by atoms with Gasteiger partial charge in [-0.15, -0.1) is 13.2 Å². The van der Waals surface area contributed by atoms with E-state index in [9.17, 15) is 5.11 Å². The van der Waals surface area contributed by atoms with Gasteiger partial charge in [0.2, 0.25) is 0 Å². The summed E-state index contributed by atoms with van der Waals surface area (Å²) >= 11 is 0. The van der Waals surface area contributed by atoms with E-state index in [1.807, 2.05) is 24.3 Å². The molecule has 3 heteroatoms. The molecule has 0 bridgehead atoms. The maximum atomic E-state index is 9.49. The fourth-order valence-corrected chi connectivity index (χ4v) is 1.93. The molecule has 1 unspecified atom stereocenters. The molecule has 24 heavy (non-hydrogen) atoms. The van der Waals surface area contributed by atoms with Gasteiger partial charge in [0.05, 0.1) is 19.8 Å². The van der Waals surface area contributed by atoms with E-state index in [4.69, 9.17) is 9.47 Å². The summed E-state index contributed by atoms with van der Waals surface area (Å²) in [6.45, 7) is 13.1. The summed E-state index contributed by atoms with van der Waals surface area (Å²) in [5, 5.41) is 9.49. The Morgan fingerprint density at radius 3 is 2.25 bits per heavy atom. The topological polar surface area (TPSA) is 38.7 Å². The van der Waals surface area contributed by atoms with Crippen LogP contribution in [0.25, 0.3) is 0 Å². The van der Waals surface area contributed by atoms with Crippen LogP contribution in [0.3, 0.4) is 0 Å². The summed E-state index contributed by atoms with van der Waals surface area (Å²) in [7, 11) is 3.26. The number of methoxy groups -OCH3 is 2. The molecule has 0 saturated heterocycles. The molecule has 1 aromatic rings. The normalized spacial score (nSPS) is 12.1. The lowest BCUT2D eigenvalue weighted by Gasteiger charge is -2.16. The van der Waals surface area contributed by atoms with Gasteiger partial charge in [0, 0.05) is 0 Å². The Labute approximate surface area is 147 Å². The van der Waals surface area contributed by atoms with Crippen LogP contribution in [-0.4, -0.2) is 24.9 Å². The number of allylic oxidation sites excluding steroid dienone is 3. The molecule has 1 rings (SSSR count). The molecule has 134 valence electrons. The van der Waals surface area contributed by atoms with Crippen molar-refractivity contribution < 1.29 is 14.6 Å². The Morgan fingerprint density at radius 1 is 1.17 bits per heavy atom. The monoisotopic (exact) mass is 332 g/mol. The maximum absolute atomic E-state index is 9.49. The summed E-state index contributed by atoms with van der Waals surface area (Å²) in [6, 6.07) is 5.86. The van der Waals surface area contributed by atoms with Crippen molar-refractivity contribution in [1.29, 1.82) is 0 Å². The van der Waals surface area contributed by atoms with Gasteiger partial charge >= 0.3 is 0 Å². The Kier molecular flexibility index (Phi) is 10.6. The van der Waals surface area contributed by atoms with Crippen molar-refractivity contribution in [2.24, 2.45) is 0 Å². The molecule has 0 radical (unpaired) electrons. The molecule has 1 aromatic carbocycles. The summed E-state index contributed by atoms with van der Waals surface area (Å²) < 4.78 is 10.3. The van der Waals surface area contributed by atoms with Gasteiger partial charge in [0.1, 0.15) is 0 Å². The molecule has 0 fully saturated rings. The lowest BCUT2D eigenvalue weighted by Crippen LogP contribution is -2.19. The molecule has 0 aromatic heterocycles. The first-order valence-electron chi connectivity index (χ1n) is 8.10. The van der Waals surface area contributed by atoms with Crippen molar-refractivity contribution in [1.82, 2.24) is 0 Å². The van der Waals surface area contributed by atoms with Crippen LogP contribution in [0.4, 0.5) is 0 Å². The lowest BCUT2D eigenvalue weighted by molar-refractivity contribution is 0.103. The van der Waals surface area contributed by atoms with Crippen LogP contribution < -0.4 is 9.47 Å². The summed E-state index contributed by atoms with van der Waals surface area (Å²) in [4.78, 5) is 0. The van der Waals surface area contributed by atoms with Crippen LogP contribution in [0.2, 0.25) is 0 Å². The molecular weight excluding hydrogens is 300 g/mol. The van der Waals surface area contributed by atoms with Crippen molar-refractivity contribution in [3.8, 4) is 11.5 Å². The average Bonchev–Trinajstić information content (AvgIpc) is 2.55. The van der Waals surface area contributed by atoms with E-state index in [1.165, 1.54) is 11.1 Å². The average molecular weight is 332 g/mol. The first kappa shape index (κ1) is 22.0. The second kappa shape index (κ2) is 11.5. The number of rotatable bonds is 8. The molecule has 0 aliphatic rings. The zero-order valence-corrected chi connectivity index (χ0v) is 15.8. The summed E-state index contributed by atoms with van der Waals surface area (Å²) in [6.07, 6.45) is 8.09. The van der Waals surface area contributed by atoms with Gasteiger partial charge in [0.25, 0.3) is 0 Å². The summed E-state index contributed by atoms with van der Waals surface area (Å²) in [5.74, 6) is 1.53. The lowest BCUT2D eigenvalue weighted by atomic mass is 10.00. The zero-order chi connectivity index (χ0) is 18.6. The Balaban J connectivity index is 0.000000449. The number of hydrogen-bond donors (Lipinski definition) is 1. The van der Waals surface area contributed by atoms with Gasteiger partial charge in [-0.3, -0.25) is 0 Å². The minimum Gasteiger partial charge on any atom is -0.493 e. The fraction of sp³-hybridized carbons (Fsp3) is 0.429. The van der Waals surface area contributed by atoms with Gasteiger partial charge in [-0.05, 0) is 57.7 Å². The predicted octanol–water partition coefficient (Wildman–Crippen LogP) is 5.10. The molecule has 3 nitrogen and oxygen atoms in total. The highest BCUT2D eigenvalue weighted by molar-refractivity contribution is 5.43. The van der Waals surface area contributed by atoms with Crippen molar-refractivity contribution in [3.05, 3.63) is 60.7 Å². The minimum absolute atomic E-state index is 0.702. The molecule has 0 aliphatic carbocycles. The largest absolute Gasteiger partial charge is 0.493 e. The highest BCUT2D eigenvalue weighted by Gasteiger charge is 2.12. The first-order chi connectivity index (χ1) is 11.3. The van der Waals surface area contributed by atoms with Crippen LogP contribution >= 0.6 is 0 Å². The van der Waals surface area contributed by atoms with Gasteiger partial charge in [-0.2, -0.15) is 0 Å². The zero-order valence-electron chi connectivity index (χ0n) is 15.8. The molecular formula is C21H32O3. The van der Waals surface area contributed by atoms with E-state index in [0.717, 1.165) is 30.8 Å². The van der Waals surface area contributed by atoms with E-state index < -0.39 is 5.60 Å². The molecule has 0 spiro atoms. The second-order valence-electron chi connectivity index (χ2n) is 6.06. The van der Waals surface area contributed by atoms with E-state index >= 15 is 0 Å². The van der Waals surface area contributed by atoms with Crippen molar-refractivity contribution >= 4 is 0 Å². The van der Waals surface area contributed by atoms with Crippen LogP contribution in [0, 0.1) is 0 Å². The number of aliphatic hydroxyl groups is 1. The first-order valence-corrected chi connectivity index (χ1v) is 8.10. The van der Waals surface area contributed by atoms with Crippen LogP contribution in [0.5, 0.6) is 11.5 Å². The Hall–Kier alpha value is -2.00. The SMILES string of the molecule is C=CC(C)(O)CCC=C(C)C.C=CCc1ccc(OC)c(OC)c1. The number of benzene rings is 1. The third-order valence-corrected chi connectivity index (χ3v) is 3.47. The molecule has 0 saturated carbocycles. The van der Waals surface area contributed by atoms with E-state index in [1.54, 1.807) is 27.2 Å². The molecule has 1 N–H and O–H groups in total. The molecule has 0 amide bonds. The quantitative estimate of drug-likeness (QED) is 0.673. The highest BCUT2D eigenvalue weighted by atomic mass is 16.5. The third-order valence-electron chi connectivity index (χ3n) is 3.47. The standard InChI is InChI=1S/C11H14O2.C10H18O/c1-4-5-9-6-7-10(12-2)11(8-9)13-3;1-5-10(4,11)8-6-7-9(2)3/h4,6-8H,1,5H2,2-3H3;5,7,11H,1,6,8H2,2-4H3. The van der Waals surface area contributed by atoms with Crippen molar-refractivity contribution in [3.63, 3.8) is 0 Å². The maximum Gasteiger partial charge on any atom is 0.160 e. The van der Waals surface area contributed by atoms with E-state index in [2.05, 4.69) is 33.1 Å². The van der Waals surface area contributed by atoms with Crippen LogP contribution in [0.15, 0.2) is 55.2 Å². The van der Waals surface area contributed by atoms with Crippen molar-refractivity contribution in [2.75, 3.05) is 14.2 Å². The molecule has 0 aliphatic heterocycles. The smallest absolute Gasteiger partial charge is 0.160 e.